The predicted molar refractivity (Wildman–Crippen MR) is 105 cm³/mol. The normalized spacial score (nSPS) is 12.9. The summed E-state index contributed by atoms with van der Waals surface area (Å²) in [4.78, 5) is 0. The molecular weight excluding hydrogens is 410 g/mol. The fraction of sp³-hybridized carbons (Fsp3) is 0.174. The Labute approximate surface area is 182 Å². The molecule has 0 bridgehead atoms. The summed E-state index contributed by atoms with van der Waals surface area (Å²) in [5, 5.41) is 0. The minimum absolute atomic E-state index is 0. The van der Waals surface area contributed by atoms with Crippen molar-refractivity contribution in [1.29, 1.82) is 0 Å². The smallest absolute Gasteiger partial charge is 0 e. The Bertz CT molecular complexity index is 854. The molecule has 0 radical (unpaired) electrons. The SMILES string of the molecule is COc1cc(C2C=CC=CC2)c(N)c(-c2ccccc2)c1C.[C-]#[O+].[C-]#[O+].[C-]#[O+].[Fe]. The number of methoxy groups -OCH3 is 1. The van der Waals surface area contributed by atoms with Gasteiger partial charge in [0.15, 0.2) is 0 Å². The van der Waals surface area contributed by atoms with Crippen LogP contribution in [0.2, 0.25) is 0 Å². The zero-order valence-corrected chi connectivity index (χ0v) is 17.2. The van der Waals surface area contributed by atoms with Crippen molar-refractivity contribution in [3.63, 3.8) is 0 Å². The maximum absolute atomic E-state index is 7.50. The first-order chi connectivity index (χ1) is 13.7. The molecule has 0 amide bonds. The Balaban J connectivity index is 0. The molecule has 150 valence electrons. The molecule has 0 saturated heterocycles. The van der Waals surface area contributed by atoms with Gasteiger partial charge in [0.25, 0.3) is 0 Å². The largest absolute Gasteiger partial charge is 0 e. The van der Waals surface area contributed by atoms with Crippen molar-refractivity contribution >= 4 is 5.69 Å². The van der Waals surface area contributed by atoms with E-state index < -0.39 is 0 Å². The fourth-order valence-corrected chi connectivity index (χ4v) is 3.10. The van der Waals surface area contributed by atoms with Crippen molar-refractivity contribution in [3.8, 4) is 16.9 Å². The summed E-state index contributed by atoms with van der Waals surface area (Å²) >= 11 is 0. The van der Waals surface area contributed by atoms with E-state index in [0.717, 1.165) is 40.1 Å². The van der Waals surface area contributed by atoms with Gasteiger partial charge in [0.05, 0.1) is 7.11 Å². The van der Waals surface area contributed by atoms with Gasteiger partial charge in [0, 0.05) is 39.8 Å². The van der Waals surface area contributed by atoms with Crippen LogP contribution < -0.4 is 10.5 Å². The number of hydrogen-bond acceptors (Lipinski definition) is 2. The van der Waals surface area contributed by atoms with Crippen molar-refractivity contribution in [1.82, 2.24) is 0 Å². The van der Waals surface area contributed by atoms with Crippen LogP contribution in [0.3, 0.4) is 0 Å². The van der Waals surface area contributed by atoms with Crippen molar-refractivity contribution < 1.29 is 35.8 Å². The zero-order chi connectivity index (χ0) is 21.5. The van der Waals surface area contributed by atoms with Gasteiger partial charge in [-0.25, -0.2) is 0 Å². The van der Waals surface area contributed by atoms with E-state index in [0.29, 0.717) is 5.92 Å². The molecular formula is C23H21FeNO4. The third-order valence-corrected chi connectivity index (χ3v) is 4.27. The zero-order valence-electron chi connectivity index (χ0n) is 16.1. The fourth-order valence-electron chi connectivity index (χ4n) is 3.10. The van der Waals surface area contributed by atoms with Gasteiger partial charge in [-0.05, 0) is 30.5 Å². The summed E-state index contributed by atoms with van der Waals surface area (Å²) < 4.78 is 28.1. The molecule has 0 fully saturated rings. The molecule has 2 aromatic carbocycles. The van der Waals surface area contributed by atoms with Crippen molar-refractivity contribution in [2.24, 2.45) is 0 Å². The second-order valence-corrected chi connectivity index (χ2v) is 5.60. The van der Waals surface area contributed by atoms with Crippen LogP contribution in [-0.4, -0.2) is 7.11 Å². The first-order valence-electron chi connectivity index (χ1n) is 8.19. The quantitative estimate of drug-likeness (QED) is 0.329. The molecule has 1 aliphatic carbocycles. The van der Waals surface area contributed by atoms with Gasteiger partial charge in [-0.1, -0.05) is 54.6 Å². The molecule has 0 aliphatic heterocycles. The summed E-state index contributed by atoms with van der Waals surface area (Å²) in [5.74, 6) is 1.20. The van der Waals surface area contributed by atoms with E-state index in [4.69, 9.17) is 24.4 Å². The topological polar surface area (TPSA) is 94.9 Å². The van der Waals surface area contributed by atoms with Crippen LogP contribution in [0, 0.1) is 26.9 Å². The molecule has 5 nitrogen and oxygen atoms in total. The number of hydrogen-bond donors (Lipinski definition) is 1. The Morgan fingerprint density at radius 3 is 2.07 bits per heavy atom. The number of anilines is 1. The Morgan fingerprint density at radius 1 is 1.00 bits per heavy atom. The van der Waals surface area contributed by atoms with Crippen LogP contribution in [0.25, 0.3) is 11.1 Å². The van der Waals surface area contributed by atoms with E-state index in [2.05, 4.69) is 69.4 Å². The molecule has 2 aromatic rings. The van der Waals surface area contributed by atoms with Gasteiger partial charge in [-0.2, -0.15) is 0 Å². The van der Waals surface area contributed by atoms with E-state index in [-0.39, 0.29) is 17.1 Å². The standard InChI is InChI=1S/C20H21NO.3CO.Fe/c1-14-18(22-2)13-17(15-9-5-3-6-10-15)20(21)19(14)16-11-7-4-8-12-16;3*1-2;/h3-9,11-13,15H,10,21H2,1-2H3;;;;. The Hall–Kier alpha value is -2.74. The number of rotatable bonds is 3. The second-order valence-electron chi connectivity index (χ2n) is 5.60. The molecule has 3 rings (SSSR count). The Morgan fingerprint density at radius 2 is 1.59 bits per heavy atom. The Kier molecular flexibility index (Phi) is 15.9. The van der Waals surface area contributed by atoms with Crippen LogP contribution in [0.5, 0.6) is 5.75 Å². The predicted octanol–water partition coefficient (Wildman–Crippen LogP) is 4.74. The maximum atomic E-state index is 7.50. The van der Waals surface area contributed by atoms with Crippen LogP contribution in [-0.2, 0) is 31.0 Å². The summed E-state index contributed by atoms with van der Waals surface area (Å²) in [6.45, 7) is 15.6. The third kappa shape index (κ3) is 7.30. The molecule has 2 N–H and O–H groups in total. The van der Waals surface area contributed by atoms with Crippen LogP contribution in [0.4, 0.5) is 5.69 Å². The van der Waals surface area contributed by atoms with E-state index in [1.54, 1.807) is 7.11 Å². The first-order valence-corrected chi connectivity index (χ1v) is 8.19. The van der Waals surface area contributed by atoms with Gasteiger partial charge in [0.1, 0.15) is 5.75 Å². The molecule has 1 atom stereocenters. The molecule has 6 heteroatoms. The summed E-state index contributed by atoms with van der Waals surface area (Å²) in [6, 6.07) is 12.4. The monoisotopic (exact) mass is 431 g/mol. The van der Waals surface area contributed by atoms with Gasteiger partial charge in [-0.3, -0.25) is 0 Å². The molecule has 1 aliphatic rings. The van der Waals surface area contributed by atoms with Crippen molar-refractivity contribution in [3.05, 3.63) is 91.8 Å². The average Bonchev–Trinajstić information content (AvgIpc) is 2.79. The van der Waals surface area contributed by atoms with Gasteiger partial charge in [0.2, 0.25) is 0 Å². The van der Waals surface area contributed by atoms with Crippen LogP contribution in [0.1, 0.15) is 23.5 Å². The van der Waals surface area contributed by atoms with E-state index in [1.807, 2.05) is 18.2 Å². The van der Waals surface area contributed by atoms with Crippen LogP contribution >= 0.6 is 0 Å². The third-order valence-electron chi connectivity index (χ3n) is 4.27. The second kappa shape index (κ2) is 16.2. The minimum Gasteiger partial charge on any atom is 0 e. The number of benzene rings is 2. The molecule has 0 aromatic heterocycles. The molecule has 0 spiro atoms. The molecule has 1 unspecified atom stereocenters. The van der Waals surface area contributed by atoms with Crippen LogP contribution in [0.15, 0.2) is 60.7 Å². The maximum Gasteiger partial charge on any atom is 0 e. The van der Waals surface area contributed by atoms with Crippen molar-refractivity contribution in [2.45, 2.75) is 19.3 Å². The number of nitrogen functional groups attached to an aromatic ring is 1. The molecule has 0 heterocycles. The minimum atomic E-state index is 0. The first kappa shape index (κ1) is 28.5. The summed E-state index contributed by atoms with van der Waals surface area (Å²) in [7, 11) is 1.72. The number of allylic oxidation sites excluding steroid dienone is 4. The van der Waals surface area contributed by atoms with E-state index in [1.165, 1.54) is 0 Å². The van der Waals surface area contributed by atoms with Crippen molar-refractivity contribution in [2.75, 3.05) is 12.8 Å². The molecule has 0 saturated carbocycles. The van der Waals surface area contributed by atoms with Gasteiger partial charge >= 0.3 is 33.9 Å². The number of nitrogens with two attached hydrogens (primary N) is 1. The average molecular weight is 431 g/mol. The van der Waals surface area contributed by atoms with Gasteiger partial charge in [-0.15, -0.1) is 0 Å². The van der Waals surface area contributed by atoms with E-state index >= 15 is 0 Å². The van der Waals surface area contributed by atoms with Gasteiger partial charge < -0.3 is 10.5 Å². The summed E-state index contributed by atoms with van der Waals surface area (Å²) in [5.41, 5.74) is 11.9. The van der Waals surface area contributed by atoms with E-state index in [9.17, 15) is 0 Å². The molecule has 29 heavy (non-hydrogen) atoms. The number of ether oxygens (including phenoxy) is 1. The summed E-state index contributed by atoms with van der Waals surface area (Å²) in [6.07, 6.45) is 9.52.